The number of hydrogen-bond donors (Lipinski definition) is 2. The second-order valence-electron chi connectivity index (χ2n) is 5.26. The molecule has 4 rings (SSSR count). The summed E-state index contributed by atoms with van der Waals surface area (Å²) in [4.78, 5) is 15.1. The maximum atomic E-state index is 12.3. The average molecular weight is 291 g/mol. The number of hydrogen-bond acceptors (Lipinski definition) is 4. The molecule has 0 bridgehead atoms. The van der Waals surface area contributed by atoms with Crippen molar-refractivity contribution in [1.29, 1.82) is 0 Å². The molecule has 6 heteroatoms. The van der Waals surface area contributed by atoms with Crippen molar-refractivity contribution in [2.75, 3.05) is 0 Å². The quantitative estimate of drug-likeness (QED) is 0.830. The van der Waals surface area contributed by atoms with E-state index in [-0.39, 0.29) is 17.8 Å². The van der Waals surface area contributed by atoms with Crippen molar-refractivity contribution in [3.05, 3.63) is 58.3 Å². The van der Waals surface area contributed by atoms with Crippen LogP contribution in [-0.2, 0) is 6.42 Å². The lowest BCUT2D eigenvalue weighted by atomic mass is 10.0. The number of nitrogens with one attached hydrogen (secondary N) is 2. The number of rotatable bonds is 2. The van der Waals surface area contributed by atoms with E-state index in [0.717, 1.165) is 16.9 Å². The Kier molecular flexibility index (Phi) is 2.73. The molecule has 22 heavy (non-hydrogen) atoms. The highest BCUT2D eigenvalue weighted by Gasteiger charge is 2.34. The van der Waals surface area contributed by atoms with E-state index in [1.807, 2.05) is 36.5 Å². The molecule has 0 fully saturated rings. The lowest BCUT2D eigenvalue weighted by Crippen LogP contribution is -2.27. The van der Waals surface area contributed by atoms with Gasteiger partial charge in [0.1, 0.15) is 0 Å². The van der Waals surface area contributed by atoms with Crippen LogP contribution in [0.25, 0.3) is 5.69 Å². The minimum absolute atomic E-state index is 0.00293. The highest BCUT2D eigenvalue weighted by Crippen LogP contribution is 2.37. The van der Waals surface area contributed by atoms with E-state index >= 15 is 0 Å². The van der Waals surface area contributed by atoms with Crippen molar-refractivity contribution in [2.24, 2.45) is 10.2 Å². The van der Waals surface area contributed by atoms with Crippen molar-refractivity contribution < 1.29 is 0 Å². The van der Waals surface area contributed by atoms with Crippen LogP contribution in [0.5, 0.6) is 0 Å². The van der Waals surface area contributed by atoms with Gasteiger partial charge in [0.15, 0.2) is 12.0 Å². The average Bonchev–Trinajstić information content (AvgIpc) is 3.11. The normalized spacial score (nSPS) is 21.0. The Morgan fingerprint density at radius 2 is 2.14 bits per heavy atom. The van der Waals surface area contributed by atoms with Gasteiger partial charge in [0.05, 0.1) is 17.3 Å². The van der Waals surface area contributed by atoms with Crippen LogP contribution in [-0.4, -0.2) is 15.7 Å². The van der Waals surface area contributed by atoms with Gasteiger partial charge < -0.3 is 5.32 Å². The summed E-state index contributed by atoms with van der Waals surface area (Å²) < 4.78 is 1.65. The molecule has 2 N–H and O–H groups in total. The fourth-order valence-corrected chi connectivity index (χ4v) is 2.89. The van der Waals surface area contributed by atoms with Gasteiger partial charge in [-0.15, -0.1) is 17.5 Å². The van der Waals surface area contributed by atoms with Crippen molar-refractivity contribution in [3.8, 4) is 18.0 Å². The molecule has 2 aliphatic rings. The molecule has 2 unspecified atom stereocenters. The molecule has 108 valence electrons. The Morgan fingerprint density at radius 3 is 2.91 bits per heavy atom. The third-order valence-electron chi connectivity index (χ3n) is 3.92. The standard InChI is InChI=1S/C16H13N5O/c1-2-3-10-4-6-11(7-5-10)21-13-12-8-9-17-14(12)19-20-15(13)18-16(21)22/h1,4-9,12,14,17H,3H2,(H,18,22). The Morgan fingerprint density at radius 1 is 1.32 bits per heavy atom. The highest BCUT2D eigenvalue weighted by atomic mass is 16.1. The zero-order chi connectivity index (χ0) is 15.1. The van der Waals surface area contributed by atoms with Crippen LogP contribution < -0.4 is 11.0 Å². The van der Waals surface area contributed by atoms with Gasteiger partial charge in [-0.05, 0) is 23.9 Å². The van der Waals surface area contributed by atoms with E-state index in [2.05, 4.69) is 26.4 Å². The Hall–Kier alpha value is -3.07. The molecule has 6 nitrogen and oxygen atoms in total. The number of aromatic amines is 1. The van der Waals surface area contributed by atoms with E-state index in [1.54, 1.807) is 4.57 Å². The molecule has 0 spiro atoms. The maximum absolute atomic E-state index is 12.3. The molecule has 0 saturated carbocycles. The minimum atomic E-state index is -0.213. The van der Waals surface area contributed by atoms with Gasteiger partial charge in [-0.1, -0.05) is 18.2 Å². The number of terminal acetylenes is 1. The molecule has 2 aromatic rings. The van der Waals surface area contributed by atoms with Crippen LogP contribution in [0.4, 0.5) is 5.82 Å². The molecular weight excluding hydrogens is 278 g/mol. The number of benzene rings is 1. The Labute approximate surface area is 126 Å². The summed E-state index contributed by atoms with van der Waals surface area (Å²) in [6, 6.07) is 7.67. The van der Waals surface area contributed by atoms with Crippen molar-refractivity contribution >= 4 is 5.82 Å². The molecule has 1 aromatic heterocycles. The predicted octanol–water partition coefficient (Wildman–Crippen LogP) is 1.97. The molecule has 2 atom stereocenters. The third kappa shape index (κ3) is 1.79. The SMILES string of the molecule is C#CCc1ccc(-n2c3c([nH]c2=O)N=NC2NC=CC32)cc1. The zero-order valence-corrected chi connectivity index (χ0v) is 11.7. The van der Waals surface area contributed by atoms with Crippen molar-refractivity contribution in [2.45, 2.75) is 18.5 Å². The fraction of sp³-hybridized carbons (Fsp3) is 0.188. The van der Waals surface area contributed by atoms with Gasteiger partial charge in [-0.3, -0.25) is 9.55 Å². The molecule has 1 aromatic carbocycles. The van der Waals surface area contributed by atoms with Gasteiger partial charge in [0.2, 0.25) is 0 Å². The van der Waals surface area contributed by atoms with E-state index < -0.39 is 0 Å². The second-order valence-corrected chi connectivity index (χ2v) is 5.26. The van der Waals surface area contributed by atoms with Gasteiger partial charge in [0, 0.05) is 6.42 Å². The molecule has 0 amide bonds. The number of fused-ring (bicyclic) bond motifs is 3. The summed E-state index contributed by atoms with van der Waals surface area (Å²) in [7, 11) is 0. The van der Waals surface area contributed by atoms with Gasteiger partial charge in [-0.2, -0.15) is 5.11 Å². The van der Waals surface area contributed by atoms with Gasteiger partial charge in [-0.25, -0.2) is 4.79 Å². The van der Waals surface area contributed by atoms with Crippen LogP contribution in [0.2, 0.25) is 0 Å². The molecule has 3 heterocycles. The first-order valence-electron chi connectivity index (χ1n) is 6.99. The third-order valence-corrected chi connectivity index (χ3v) is 3.92. The lowest BCUT2D eigenvalue weighted by Gasteiger charge is -2.20. The maximum Gasteiger partial charge on any atom is 0.332 e. The zero-order valence-electron chi connectivity index (χ0n) is 11.7. The topological polar surface area (TPSA) is 74.5 Å². The van der Waals surface area contributed by atoms with E-state index in [1.165, 1.54) is 0 Å². The van der Waals surface area contributed by atoms with Gasteiger partial charge in [0.25, 0.3) is 0 Å². The number of H-pyrrole nitrogens is 1. The molecule has 0 saturated heterocycles. The first-order chi connectivity index (χ1) is 10.8. The number of aromatic nitrogens is 2. The van der Waals surface area contributed by atoms with Crippen LogP contribution in [0, 0.1) is 12.3 Å². The minimum Gasteiger partial charge on any atom is -0.368 e. The molecule has 2 aliphatic heterocycles. The van der Waals surface area contributed by atoms with E-state index in [9.17, 15) is 4.79 Å². The van der Waals surface area contributed by atoms with Gasteiger partial charge >= 0.3 is 5.69 Å². The molecular formula is C16H13N5O. The molecule has 0 radical (unpaired) electrons. The first kappa shape index (κ1) is 12.7. The van der Waals surface area contributed by atoms with Crippen LogP contribution >= 0.6 is 0 Å². The smallest absolute Gasteiger partial charge is 0.332 e. The predicted molar refractivity (Wildman–Crippen MR) is 82.2 cm³/mol. The van der Waals surface area contributed by atoms with Crippen molar-refractivity contribution in [3.63, 3.8) is 0 Å². The Balaban J connectivity index is 1.85. The van der Waals surface area contributed by atoms with E-state index in [4.69, 9.17) is 6.42 Å². The largest absolute Gasteiger partial charge is 0.368 e. The first-order valence-corrected chi connectivity index (χ1v) is 6.99. The van der Waals surface area contributed by atoms with Crippen LogP contribution in [0.15, 0.2) is 51.6 Å². The fourth-order valence-electron chi connectivity index (χ4n) is 2.89. The van der Waals surface area contributed by atoms with Crippen LogP contribution in [0.1, 0.15) is 17.2 Å². The summed E-state index contributed by atoms with van der Waals surface area (Å²) in [6.07, 6.45) is 9.60. The van der Waals surface area contributed by atoms with Crippen molar-refractivity contribution in [1.82, 2.24) is 14.9 Å². The summed E-state index contributed by atoms with van der Waals surface area (Å²) in [5.41, 5.74) is 2.45. The summed E-state index contributed by atoms with van der Waals surface area (Å²) >= 11 is 0. The number of nitrogens with zero attached hydrogens (tertiary/aromatic N) is 3. The second kappa shape index (κ2) is 4.74. The Bertz CT molecular complexity index is 879. The number of azo groups is 1. The molecule has 0 aliphatic carbocycles. The van der Waals surface area contributed by atoms with Crippen LogP contribution in [0.3, 0.4) is 0 Å². The summed E-state index contributed by atoms with van der Waals surface area (Å²) in [5, 5.41) is 11.4. The lowest BCUT2D eigenvalue weighted by molar-refractivity contribution is 0.539. The van der Waals surface area contributed by atoms with E-state index in [0.29, 0.717) is 12.2 Å². The monoisotopic (exact) mass is 291 g/mol. The summed E-state index contributed by atoms with van der Waals surface area (Å²) in [5.74, 6) is 3.13. The summed E-state index contributed by atoms with van der Waals surface area (Å²) in [6.45, 7) is 0. The highest BCUT2D eigenvalue weighted by molar-refractivity contribution is 5.49. The number of imidazole rings is 1.